The van der Waals surface area contributed by atoms with Gasteiger partial charge in [-0.15, -0.1) is 0 Å². The highest BCUT2D eigenvalue weighted by atomic mass is 79.9. The minimum atomic E-state index is -0.522. The van der Waals surface area contributed by atoms with Crippen LogP contribution in [0.25, 0.3) is 0 Å². The molecule has 0 atom stereocenters. The maximum absolute atomic E-state index is 12.2. The molecule has 0 saturated heterocycles. The van der Waals surface area contributed by atoms with Crippen molar-refractivity contribution in [1.29, 1.82) is 0 Å². The van der Waals surface area contributed by atoms with Gasteiger partial charge >= 0.3 is 0 Å². The van der Waals surface area contributed by atoms with Gasteiger partial charge in [-0.1, -0.05) is 53.9 Å². The van der Waals surface area contributed by atoms with E-state index in [0.29, 0.717) is 15.6 Å². The third-order valence-corrected chi connectivity index (χ3v) is 6.24. The second-order valence-corrected chi connectivity index (χ2v) is 9.62. The van der Waals surface area contributed by atoms with Gasteiger partial charge in [-0.2, -0.15) is 5.10 Å². The maximum Gasteiger partial charge on any atom is 0.275 e. The molecule has 5 nitrogen and oxygen atoms in total. The van der Waals surface area contributed by atoms with Gasteiger partial charge in [-0.05, 0) is 70.0 Å². The van der Waals surface area contributed by atoms with Crippen LogP contribution < -0.4 is 10.2 Å². The van der Waals surface area contributed by atoms with Crippen molar-refractivity contribution in [2.24, 2.45) is 5.10 Å². The van der Waals surface area contributed by atoms with Gasteiger partial charge < -0.3 is 9.84 Å². The summed E-state index contributed by atoms with van der Waals surface area (Å²) in [5.41, 5.74) is 4.33. The van der Waals surface area contributed by atoms with E-state index >= 15 is 0 Å². The van der Waals surface area contributed by atoms with Crippen molar-refractivity contribution in [3.63, 3.8) is 0 Å². The van der Waals surface area contributed by atoms with Gasteiger partial charge in [-0.3, -0.25) is 4.79 Å². The lowest BCUT2D eigenvalue weighted by molar-refractivity contribution is 0.0952. The lowest BCUT2D eigenvalue weighted by Crippen LogP contribution is -2.17. The van der Waals surface area contributed by atoms with Crippen LogP contribution in [0.2, 0.25) is 0 Å². The highest BCUT2D eigenvalue weighted by Gasteiger charge is 2.14. The Balaban J connectivity index is 1.57. The van der Waals surface area contributed by atoms with Gasteiger partial charge in [0.15, 0.2) is 0 Å². The normalized spacial score (nSPS) is 10.9. The molecule has 2 N–H and O–H groups in total. The van der Waals surface area contributed by atoms with E-state index in [1.54, 1.807) is 6.07 Å². The molecule has 3 aromatic carbocycles. The Morgan fingerprint density at radius 1 is 0.967 bits per heavy atom. The maximum atomic E-state index is 12.2. The molecular formula is C21H14Br4N2O3. The number of nitrogens with one attached hydrogen (secondary N) is 1. The molecule has 0 aliphatic rings. The fourth-order valence-corrected chi connectivity index (χ4v) is 4.80. The standard InChI is InChI=1S/C21H14Br4N2O3/c22-14-4-3-13(18(24)8-14)11-30-16-5-1-12(2-6-16)10-26-27-21(29)17-7-15(23)9-19(25)20(17)28/h1-10,28H,11H2,(H,27,29)/b26-10-. The van der Waals surface area contributed by atoms with Gasteiger partial charge in [0.1, 0.15) is 18.1 Å². The smallest absolute Gasteiger partial charge is 0.275 e. The minimum Gasteiger partial charge on any atom is -0.506 e. The Morgan fingerprint density at radius 3 is 2.37 bits per heavy atom. The van der Waals surface area contributed by atoms with E-state index < -0.39 is 5.91 Å². The lowest BCUT2D eigenvalue weighted by Gasteiger charge is -2.08. The first-order chi connectivity index (χ1) is 14.3. The molecule has 0 spiro atoms. The highest BCUT2D eigenvalue weighted by molar-refractivity contribution is 9.11. The van der Waals surface area contributed by atoms with Crippen LogP contribution in [-0.4, -0.2) is 17.2 Å². The number of aromatic hydroxyl groups is 1. The Bertz CT molecular complexity index is 1100. The number of carbonyl (C=O) groups excluding carboxylic acids is 1. The fourth-order valence-electron chi connectivity index (χ4n) is 2.41. The summed E-state index contributed by atoms with van der Waals surface area (Å²) in [6, 6.07) is 16.4. The minimum absolute atomic E-state index is 0.108. The summed E-state index contributed by atoms with van der Waals surface area (Å²) in [6.45, 7) is 0.434. The fraction of sp³-hybridized carbons (Fsp3) is 0.0476. The molecule has 3 aromatic rings. The number of hydrogen-bond acceptors (Lipinski definition) is 4. The van der Waals surface area contributed by atoms with Gasteiger partial charge in [0.05, 0.1) is 16.3 Å². The van der Waals surface area contributed by atoms with Gasteiger partial charge in [0.25, 0.3) is 5.91 Å². The zero-order valence-electron chi connectivity index (χ0n) is 15.2. The Labute approximate surface area is 207 Å². The van der Waals surface area contributed by atoms with Crippen molar-refractivity contribution in [1.82, 2.24) is 5.43 Å². The second kappa shape index (κ2) is 10.6. The molecule has 0 unspecified atom stereocenters. The quantitative estimate of drug-likeness (QED) is 0.226. The Morgan fingerprint density at radius 2 is 1.67 bits per heavy atom. The van der Waals surface area contributed by atoms with Crippen molar-refractivity contribution in [2.45, 2.75) is 6.61 Å². The lowest BCUT2D eigenvalue weighted by atomic mass is 10.2. The molecule has 0 aliphatic heterocycles. The number of benzene rings is 3. The summed E-state index contributed by atoms with van der Waals surface area (Å²) in [5, 5.41) is 13.9. The summed E-state index contributed by atoms with van der Waals surface area (Å²) in [5.74, 6) is 0.0468. The van der Waals surface area contributed by atoms with Crippen LogP contribution in [0.1, 0.15) is 21.5 Å². The zero-order chi connectivity index (χ0) is 21.7. The highest BCUT2D eigenvalue weighted by Crippen LogP contribution is 2.31. The molecule has 3 rings (SSSR count). The van der Waals surface area contributed by atoms with E-state index in [0.717, 1.165) is 25.8 Å². The molecule has 0 aromatic heterocycles. The average Bonchev–Trinajstić information content (AvgIpc) is 2.71. The number of carbonyl (C=O) groups is 1. The van der Waals surface area contributed by atoms with Crippen LogP contribution in [0, 0.1) is 0 Å². The molecule has 30 heavy (non-hydrogen) atoms. The van der Waals surface area contributed by atoms with Crippen molar-refractivity contribution in [3.8, 4) is 11.5 Å². The molecule has 154 valence electrons. The van der Waals surface area contributed by atoms with E-state index in [4.69, 9.17) is 4.74 Å². The topological polar surface area (TPSA) is 70.9 Å². The predicted molar refractivity (Wildman–Crippen MR) is 131 cm³/mol. The molecule has 1 amide bonds. The van der Waals surface area contributed by atoms with E-state index in [1.165, 1.54) is 12.3 Å². The number of rotatable bonds is 6. The molecule has 0 saturated carbocycles. The van der Waals surface area contributed by atoms with Gasteiger partial charge in [-0.25, -0.2) is 5.43 Å². The zero-order valence-corrected chi connectivity index (χ0v) is 21.5. The number of halogens is 4. The molecule has 0 fully saturated rings. The number of hydrogen-bond donors (Lipinski definition) is 2. The molecule has 0 radical (unpaired) electrons. The van der Waals surface area contributed by atoms with E-state index in [9.17, 15) is 9.90 Å². The van der Waals surface area contributed by atoms with Crippen molar-refractivity contribution in [3.05, 3.63) is 89.2 Å². The Kier molecular flexibility index (Phi) is 8.10. The number of hydrazone groups is 1. The summed E-state index contributed by atoms with van der Waals surface area (Å²) < 4.78 is 8.85. The molecule has 0 heterocycles. The first-order valence-electron chi connectivity index (χ1n) is 8.51. The molecule has 9 heteroatoms. The molecular weight excluding hydrogens is 648 g/mol. The van der Waals surface area contributed by atoms with Crippen LogP contribution in [0.15, 0.2) is 77.6 Å². The average molecular weight is 662 g/mol. The third kappa shape index (κ3) is 6.16. The van der Waals surface area contributed by atoms with Crippen LogP contribution in [-0.2, 0) is 6.61 Å². The van der Waals surface area contributed by atoms with E-state index in [1.807, 2.05) is 42.5 Å². The van der Waals surface area contributed by atoms with Crippen molar-refractivity contribution in [2.75, 3.05) is 0 Å². The van der Waals surface area contributed by atoms with Crippen molar-refractivity contribution >= 4 is 75.8 Å². The molecule has 0 aliphatic carbocycles. The third-order valence-electron chi connectivity index (χ3n) is 3.94. The number of ether oxygens (including phenoxy) is 1. The summed E-state index contributed by atoms with van der Waals surface area (Å²) in [7, 11) is 0. The van der Waals surface area contributed by atoms with Crippen LogP contribution in [0.5, 0.6) is 11.5 Å². The summed E-state index contributed by atoms with van der Waals surface area (Å²) in [4.78, 5) is 12.2. The largest absolute Gasteiger partial charge is 0.506 e. The van der Waals surface area contributed by atoms with Crippen LogP contribution in [0.4, 0.5) is 0 Å². The SMILES string of the molecule is O=C(N/N=C\c1ccc(OCc2ccc(Br)cc2Br)cc1)c1cc(Br)cc(Br)c1O. The number of phenolic OH excluding ortho intramolecular Hbond substituents is 1. The summed E-state index contributed by atoms with van der Waals surface area (Å²) >= 11 is 13.4. The first kappa shape index (κ1) is 23.0. The number of nitrogens with zero attached hydrogens (tertiary/aromatic N) is 1. The monoisotopic (exact) mass is 658 g/mol. The summed E-state index contributed by atoms with van der Waals surface area (Å²) in [6.07, 6.45) is 1.51. The predicted octanol–water partition coefficient (Wildman–Crippen LogP) is 6.79. The Hall–Kier alpha value is -1.68. The van der Waals surface area contributed by atoms with Crippen LogP contribution in [0.3, 0.4) is 0 Å². The first-order valence-corrected chi connectivity index (χ1v) is 11.7. The number of phenols is 1. The van der Waals surface area contributed by atoms with Crippen molar-refractivity contribution < 1.29 is 14.6 Å². The van der Waals surface area contributed by atoms with Gasteiger partial charge in [0, 0.05) is 19.0 Å². The van der Waals surface area contributed by atoms with E-state index in [2.05, 4.69) is 74.2 Å². The molecule has 0 bridgehead atoms. The van der Waals surface area contributed by atoms with Crippen LogP contribution >= 0.6 is 63.7 Å². The number of amides is 1. The van der Waals surface area contributed by atoms with Gasteiger partial charge in [0.2, 0.25) is 0 Å². The van der Waals surface area contributed by atoms with E-state index in [-0.39, 0.29) is 11.3 Å². The second-order valence-electron chi connectivity index (χ2n) is 6.08.